The molecule has 5 rings (SSSR count). The molecule has 0 spiro atoms. The lowest BCUT2D eigenvalue weighted by Gasteiger charge is -2.19. The molecule has 2 aromatic rings. The van der Waals surface area contributed by atoms with E-state index in [4.69, 9.17) is 21.1 Å². The number of anilines is 2. The van der Waals surface area contributed by atoms with Gasteiger partial charge in [0.05, 0.1) is 35.9 Å². The molecular formula is C25H23ClN2O6. The number of fused-ring (bicyclic) bond motifs is 5. The summed E-state index contributed by atoms with van der Waals surface area (Å²) in [6.07, 6.45) is 3.01. The minimum Gasteiger partial charge on any atom is -0.495 e. The highest BCUT2D eigenvalue weighted by atomic mass is 35.5. The highest BCUT2D eigenvalue weighted by Gasteiger charge is 2.61. The molecule has 34 heavy (non-hydrogen) atoms. The second kappa shape index (κ2) is 8.76. The molecule has 1 heterocycles. The third-order valence-electron chi connectivity index (χ3n) is 7.06. The Morgan fingerprint density at radius 1 is 1.03 bits per heavy atom. The SMILES string of the molecule is COc1ccc(Cl)cc1NC(=O)COC(=O)c1ccc(N2C(=O)[C@H]3[C@H]4CC[C@@H](C4)[C@@H]3C2=O)cc1. The number of amides is 3. The lowest BCUT2D eigenvalue weighted by Crippen LogP contribution is -2.32. The summed E-state index contributed by atoms with van der Waals surface area (Å²) in [7, 11) is 1.46. The molecule has 2 aromatic carbocycles. The largest absolute Gasteiger partial charge is 0.495 e. The van der Waals surface area contributed by atoms with Gasteiger partial charge in [0.15, 0.2) is 6.61 Å². The van der Waals surface area contributed by atoms with E-state index < -0.39 is 18.5 Å². The zero-order valence-electron chi connectivity index (χ0n) is 18.5. The molecule has 0 unspecified atom stereocenters. The Labute approximate surface area is 201 Å². The smallest absolute Gasteiger partial charge is 0.338 e. The van der Waals surface area contributed by atoms with Crippen molar-refractivity contribution in [2.45, 2.75) is 19.3 Å². The molecular weight excluding hydrogens is 460 g/mol. The Bertz CT molecular complexity index is 1150. The molecule has 3 fully saturated rings. The van der Waals surface area contributed by atoms with Crippen molar-refractivity contribution < 1.29 is 28.7 Å². The van der Waals surface area contributed by atoms with E-state index in [0.29, 0.717) is 34.0 Å². The number of halogens is 1. The molecule has 2 aliphatic carbocycles. The van der Waals surface area contributed by atoms with Crippen molar-refractivity contribution in [3.63, 3.8) is 0 Å². The van der Waals surface area contributed by atoms with Crippen LogP contribution in [0.15, 0.2) is 42.5 Å². The van der Waals surface area contributed by atoms with E-state index in [1.165, 1.54) is 30.2 Å². The van der Waals surface area contributed by atoms with Gasteiger partial charge in [0.25, 0.3) is 5.91 Å². The first kappa shape index (κ1) is 22.4. The molecule has 0 radical (unpaired) electrons. The predicted octanol–water partition coefficient (Wildman–Crippen LogP) is 3.68. The molecule has 1 saturated heterocycles. The Hall–Kier alpha value is -3.39. The Morgan fingerprint density at radius 2 is 1.68 bits per heavy atom. The van der Waals surface area contributed by atoms with Gasteiger partial charge in [-0.15, -0.1) is 0 Å². The zero-order chi connectivity index (χ0) is 24.0. The van der Waals surface area contributed by atoms with Crippen LogP contribution in [-0.2, 0) is 19.1 Å². The molecule has 3 aliphatic rings. The fraction of sp³-hybridized carbons (Fsp3) is 0.360. The molecule has 3 amide bonds. The molecule has 1 aliphatic heterocycles. The van der Waals surface area contributed by atoms with Gasteiger partial charge < -0.3 is 14.8 Å². The van der Waals surface area contributed by atoms with Crippen molar-refractivity contribution in [2.24, 2.45) is 23.7 Å². The van der Waals surface area contributed by atoms with Gasteiger partial charge in [-0.2, -0.15) is 0 Å². The second-order valence-electron chi connectivity index (χ2n) is 8.91. The van der Waals surface area contributed by atoms with Crippen LogP contribution in [0.25, 0.3) is 0 Å². The fourth-order valence-electron chi connectivity index (χ4n) is 5.59. The number of carbonyl (C=O) groups is 4. The predicted molar refractivity (Wildman–Crippen MR) is 124 cm³/mol. The van der Waals surface area contributed by atoms with Crippen molar-refractivity contribution in [3.05, 3.63) is 53.1 Å². The number of hydrogen-bond donors (Lipinski definition) is 1. The number of carbonyl (C=O) groups excluding carboxylic acids is 4. The number of esters is 1. The average Bonchev–Trinajstić information content (AvgIpc) is 3.51. The van der Waals surface area contributed by atoms with Crippen molar-refractivity contribution in [2.75, 3.05) is 23.9 Å². The Kier molecular flexibility index (Phi) is 5.77. The Balaban J connectivity index is 1.20. The minimum absolute atomic E-state index is 0.134. The van der Waals surface area contributed by atoms with Crippen LogP contribution in [0.3, 0.4) is 0 Å². The number of ether oxygens (including phenoxy) is 2. The molecule has 0 aromatic heterocycles. The van der Waals surface area contributed by atoms with Crippen LogP contribution in [0.4, 0.5) is 11.4 Å². The van der Waals surface area contributed by atoms with E-state index in [9.17, 15) is 19.2 Å². The molecule has 2 saturated carbocycles. The van der Waals surface area contributed by atoms with E-state index in [1.54, 1.807) is 24.3 Å². The molecule has 4 atom stereocenters. The summed E-state index contributed by atoms with van der Waals surface area (Å²) >= 11 is 5.95. The van der Waals surface area contributed by atoms with Gasteiger partial charge in [-0.05, 0) is 73.6 Å². The highest BCUT2D eigenvalue weighted by Crippen LogP contribution is 2.56. The lowest BCUT2D eigenvalue weighted by molar-refractivity contribution is -0.123. The summed E-state index contributed by atoms with van der Waals surface area (Å²) in [5, 5.41) is 3.01. The van der Waals surface area contributed by atoms with Crippen LogP contribution >= 0.6 is 11.6 Å². The second-order valence-corrected chi connectivity index (χ2v) is 9.35. The number of nitrogens with one attached hydrogen (secondary N) is 1. The third-order valence-corrected chi connectivity index (χ3v) is 7.29. The quantitative estimate of drug-likeness (QED) is 0.497. The van der Waals surface area contributed by atoms with Crippen molar-refractivity contribution in [1.82, 2.24) is 0 Å². The maximum Gasteiger partial charge on any atom is 0.338 e. The topological polar surface area (TPSA) is 102 Å². The number of methoxy groups -OCH3 is 1. The first-order valence-corrected chi connectivity index (χ1v) is 11.5. The summed E-state index contributed by atoms with van der Waals surface area (Å²) in [6, 6.07) is 10.9. The van der Waals surface area contributed by atoms with Gasteiger partial charge in [-0.3, -0.25) is 19.3 Å². The van der Waals surface area contributed by atoms with E-state index in [0.717, 1.165) is 19.3 Å². The molecule has 176 valence electrons. The van der Waals surface area contributed by atoms with Gasteiger partial charge in [0.1, 0.15) is 5.75 Å². The van der Waals surface area contributed by atoms with Crippen molar-refractivity contribution in [1.29, 1.82) is 0 Å². The minimum atomic E-state index is -0.700. The van der Waals surface area contributed by atoms with Crippen LogP contribution < -0.4 is 15.0 Å². The number of hydrogen-bond acceptors (Lipinski definition) is 6. The van der Waals surface area contributed by atoms with Crippen molar-refractivity contribution >= 4 is 46.7 Å². The van der Waals surface area contributed by atoms with Crippen LogP contribution in [0, 0.1) is 23.7 Å². The summed E-state index contributed by atoms with van der Waals surface area (Å²) in [5.74, 6) is -0.889. The van der Waals surface area contributed by atoms with Gasteiger partial charge in [0, 0.05) is 5.02 Å². The van der Waals surface area contributed by atoms with Crippen molar-refractivity contribution in [3.8, 4) is 5.75 Å². The highest BCUT2D eigenvalue weighted by molar-refractivity contribution is 6.31. The van der Waals surface area contributed by atoms with E-state index in [-0.39, 0.29) is 29.2 Å². The van der Waals surface area contributed by atoms with Crippen LogP contribution in [0.2, 0.25) is 5.02 Å². The maximum atomic E-state index is 13.0. The van der Waals surface area contributed by atoms with Gasteiger partial charge >= 0.3 is 5.97 Å². The number of nitrogens with zero attached hydrogens (tertiary/aromatic N) is 1. The molecule has 8 nitrogen and oxygen atoms in total. The standard InChI is InChI=1S/C25H23ClN2O6/c1-33-19-9-6-16(26)11-18(19)27-20(29)12-34-25(32)13-4-7-17(8-5-13)28-23(30)21-14-2-3-15(10-14)22(21)24(28)31/h4-9,11,14-15,21-22H,2-3,10,12H2,1H3,(H,27,29)/t14-,15-,21-,22-/m0/s1. The number of imide groups is 1. The van der Waals surface area contributed by atoms with Gasteiger partial charge in [-0.1, -0.05) is 11.6 Å². The Morgan fingerprint density at radius 3 is 2.29 bits per heavy atom. The van der Waals surface area contributed by atoms with E-state index >= 15 is 0 Å². The van der Waals surface area contributed by atoms with Gasteiger partial charge in [0.2, 0.25) is 11.8 Å². The normalized spacial score (nSPS) is 24.8. The number of rotatable bonds is 6. The van der Waals surface area contributed by atoms with Crippen LogP contribution in [0.5, 0.6) is 5.75 Å². The van der Waals surface area contributed by atoms with E-state index in [1.807, 2.05) is 0 Å². The van der Waals surface area contributed by atoms with E-state index in [2.05, 4.69) is 5.32 Å². The summed E-state index contributed by atoms with van der Waals surface area (Å²) in [5.41, 5.74) is 1.01. The summed E-state index contributed by atoms with van der Waals surface area (Å²) < 4.78 is 10.3. The average molecular weight is 483 g/mol. The van der Waals surface area contributed by atoms with Gasteiger partial charge in [-0.25, -0.2) is 4.79 Å². The van der Waals surface area contributed by atoms with Crippen LogP contribution in [-0.4, -0.2) is 37.4 Å². The fourth-order valence-corrected chi connectivity index (χ4v) is 5.76. The first-order chi connectivity index (χ1) is 16.4. The molecule has 9 heteroatoms. The van der Waals surface area contributed by atoms with Crippen LogP contribution in [0.1, 0.15) is 29.6 Å². The maximum absolute atomic E-state index is 13.0. The zero-order valence-corrected chi connectivity index (χ0v) is 19.2. The summed E-state index contributed by atoms with van der Waals surface area (Å²) in [6.45, 7) is -0.508. The molecule has 1 N–H and O–H groups in total. The number of benzene rings is 2. The molecule has 2 bridgehead atoms. The summed E-state index contributed by atoms with van der Waals surface area (Å²) in [4.78, 5) is 51.8. The monoisotopic (exact) mass is 482 g/mol. The third kappa shape index (κ3) is 3.81. The first-order valence-electron chi connectivity index (χ1n) is 11.2. The lowest BCUT2D eigenvalue weighted by atomic mass is 9.81.